The van der Waals surface area contributed by atoms with Gasteiger partial charge in [-0.05, 0) is 54.2 Å². The highest BCUT2D eigenvalue weighted by molar-refractivity contribution is 7.89. The Morgan fingerprint density at radius 2 is 1.35 bits per heavy atom. The Balaban J connectivity index is 1.95. The van der Waals surface area contributed by atoms with E-state index in [9.17, 15) is 16.8 Å². The molecule has 26 heavy (non-hydrogen) atoms. The zero-order valence-corrected chi connectivity index (χ0v) is 16.5. The number of rotatable bonds is 8. The Morgan fingerprint density at radius 1 is 0.846 bits per heavy atom. The van der Waals surface area contributed by atoms with E-state index >= 15 is 0 Å². The van der Waals surface area contributed by atoms with E-state index < -0.39 is 20.0 Å². The maximum atomic E-state index is 12.3. The molecule has 0 aliphatic carbocycles. The molecule has 0 bridgehead atoms. The number of nitrogens with one attached hydrogen (secondary N) is 1. The molecule has 0 saturated carbocycles. The standard InChI is InChI=1S/C18H24N2O4S2/c1-14(2)13-16-5-9-18(10-6-16)26(23,24)20-12-11-15-3-7-17(8-4-15)25(19,21)22/h3-10,14,20H,11-13H2,1-2H3,(H2,19,21,22). The van der Waals surface area contributed by atoms with Gasteiger partial charge in [0.2, 0.25) is 20.0 Å². The van der Waals surface area contributed by atoms with E-state index in [-0.39, 0.29) is 16.3 Å². The van der Waals surface area contributed by atoms with E-state index in [0.29, 0.717) is 12.3 Å². The quantitative estimate of drug-likeness (QED) is 0.712. The topological polar surface area (TPSA) is 106 Å². The summed E-state index contributed by atoms with van der Waals surface area (Å²) in [5.74, 6) is 0.510. The Hall–Kier alpha value is -1.74. The van der Waals surface area contributed by atoms with Gasteiger partial charge in [-0.3, -0.25) is 0 Å². The van der Waals surface area contributed by atoms with Gasteiger partial charge >= 0.3 is 0 Å². The van der Waals surface area contributed by atoms with Crippen LogP contribution in [-0.4, -0.2) is 23.4 Å². The molecule has 0 spiro atoms. The zero-order valence-electron chi connectivity index (χ0n) is 14.8. The van der Waals surface area contributed by atoms with Crippen LogP contribution in [0.15, 0.2) is 58.3 Å². The number of benzene rings is 2. The van der Waals surface area contributed by atoms with Crippen molar-refractivity contribution >= 4 is 20.0 Å². The first-order valence-corrected chi connectivity index (χ1v) is 11.3. The van der Waals surface area contributed by atoms with Crippen LogP contribution in [0.4, 0.5) is 0 Å². The summed E-state index contributed by atoms with van der Waals surface area (Å²) in [5.41, 5.74) is 1.92. The molecule has 0 saturated heterocycles. The second-order valence-electron chi connectivity index (χ2n) is 6.58. The number of sulfonamides is 2. The molecule has 0 unspecified atom stereocenters. The van der Waals surface area contributed by atoms with Crippen molar-refractivity contribution < 1.29 is 16.8 Å². The minimum Gasteiger partial charge on any atom is -0.225 e. The molecule has 2 aromatic carbocycles. The molecular formula is C18H24N2O4S2. The van der Waals surface area contributed by atoms with Gasteiger partial charge in [-0.25, -0.2) is 26.7 Å². The lowest BCUT2D eigenvalue weighted by Crippen LogP contribution is -2.26. The van der Waals surface area contributed by atoms with Gasteiger partial charge in [-0.2, -0.15) is 0 Å². The summed E-state index contributed by atoms with van der Waals surface area (Å²) in [7, 11) is -7.30. The Morgan fingerprint density at radius 3 is 1.85 bits per heavy atom. The molecule has 0 fully saturated rings. The summed E-state index contributed by atoms with van der Waals surface area (Å²) in [6.07, 6.45) is 1.35. The third-order valence-electron chi connectivity index (χ3n) is 3.84. The molecule has 0 aromatic heterocycles. The summed E-state index contributed by atoms with van der Waals surface area (Å²) in [5, 5.41) is 5.05. The average molecular weight is 397 g/mol. The highest BCUT2D eigenvalue weighted by Gasteiger charge is 2.13. The van der Waals surface area contributed by atoms with Crippen LogP contribution in [0.2, 0.25) is 0 Å². The Bertz CT molecular complexity index is 934. The van der Waals surface area contributed by atoms with E-state index in [1.807, 2.05) is 12.1 Å². The van der Waals surface area contributed by atoms with Crippen molar-refractivity contribution in [3.05, 3.63) is 59.7 Å². The predicted molar refractivity (Wildman–Crippen MR) is 102 cm³/mol. The van der Waals surface area contributed by atoms with Crippen molar-refractivity contribution in [2.75, 3.05) is 6.54 Å². The van der Waals surface area contributed by atoms with Gasteiger partial charge in [0.05, 0.1) is 9.79 Å². The van der Waals surface area contributed by atoms with Gasteiger partial charge in [-0.1, -0.05) is 38.1 Å². The van der Waals surface area contributed by atoms with Crippen molar-refractivity contribution in [3.63, 3.8) is 0 Å². The van der Waals surface area contributed by atoms with Crippen LogP contribution in [0, 0.1) is 5.92 Å². The van der Waals surface area contributed by atoms with Crippen LogP contribution in [-0.2, 0) is 32.9 Å². The summed E-state index contributed by atoms with van der Waals surface area (Å²) in [4.78, 5) is 0.262. The first-order chi connectivity index (χ1) is 12.1. The van der Waals surface area contributed by atoms with Crippen molar-refractivity contribution in [1.82, 2.24) is 4.72 Å². The van der Waals surface area contributed by atoms with Gasteiger partial charge in [0, 0.05) is 6.54 Å². The van der Waals surface area contributed by atoms with Gasteiger partial charge < -0.3 is 0 Å². The molecule has 6 nitrogen and oxygen atoms in total. The van der Waals surface area contributed by atoms with Crippen LogP contribution in [0.25, 0.3) is 0 Å². The fourth-order valence-electron chi connectivity index (χ4n) is 2.53. The normalized spacial score (nSPS) is 12.5. The third kappa shape index (κ3) is 5.91. The average Bonchev–Trinajstić information content (AvgIpc) is 2.54. The molecule has 0 aliphatic rings. The lowest BCUT2D eigenvalue weighted by Gasteiger charge is -2.09. The SMILES string of the molecule is CC(C)Cc1ccc(S(=O)(=O)NCCc2ccc(S(N)(=O)=O)cc2)cc1. The van der Waals surface area contributed by atoms with Crippen LogP contribution in [0.3, 0.4) is 0 Å². The third-order valence-corrected chi connectivity index (χ3v) is 6.24. The Kier molecular flexibility index (Phi) is 6.57. The van der Waals surface area contributed by atoms with Crippen molar-refractivity contribution in [3.8, 4) is 0 Å². The minimum absolute atomic E-state index is 0.0309. The highest BCUT2D eigenvalue weighted by Crippen LogP contribution is 2.14. The maximum Gasteiger partial charge on any atom is 0.240 e. The van der Waals surface area contributed by atoms with Crippen molar-refractivity contribution in [2.45, 2.75) is 36.5 Å². The van der Waals surface area contributed by atoms with Crippen LogP contribution >= 0.6 is 0 Å². The smallest absolute Gasteiger partial charge is 0.225 e. The lowest BCUT2D eigenvalue weighted by molar-refractivity contribution is 0.581. The first kappa shape index (κ1) is 20.6. The van der Waals surface area contributed by atoms with Gasteiger partial charge in [0.25, 0.3) is 0 Å². The molecule has 0 amide bonds. The van der Waals surface area contributed by atoms with Crippen LogP contribution in [0.5, 0.6) is 0 Å². The number of primary sulfonamides is 1. The molecule has 142 valence electrons. The second-order valence-corrected chi connectivity index (χ2v) is 9.91. The molecule has 0 atom stereocenters. The molecule has 0 radical (unpaired) electrons. The number of hydrogen-bond acceptors (Lipinski definition) is 4. The lowest BCUT2D eigenvalue weighted by atomic mass is 10.0. The first-order valence-electron chi connectivity index (χ1n) is 8.28. The molecule has 2 aromatic rings. The summed E-state index contributed by atoms with van der Waals surface area (Å²) in [6.45, 7) is 4.44. The van der Waals surface area contributed by atoms with Crippen LogP contribution < -0.4 is 9.86 Å². The summed E-state index contributed by atoms with van der Waals surface area (Å²) < 4.78 is 49.7. The fraction of sp³-hybridized carbons (Fsp3) is 0.333. The van der Waals surface area contributed by atoms with E-state index in [0.717, 1.165) is 17.5 Å². The second kappa shape index (κ2) is 8.30. The maximum absolute atomic E-state index is 12.3. The number of hydrogen-bond donors (Lipinski definition) is 2. The molecule has 3 N–H and O–H groups in total. The Labute approximate surface area is 155 Å². The van der Waals surface area contributed by atoms with Crippen LogP contribution in [0.1, 0.15) is 25.0 Å². The highest BCUT2D eigenvalue weighted by atomic mass is 32.2. The predicted octanol–water partition coefficient (Wildman–Crippen LogP) is 2.05. The van der Waals surface area contributed by atoms with Gasteiger partial charge in [0.1, 0.15) is 0 Å². The molecule has 8 heteroatoms. The number of nitrogens with two attached hydrogens (primary N) is 1. The van der Waals surface area contributed by atoms with E-state index in [1.54, 1.807) is 24.3 Å². The van der Waals surface area contributed by atoms with Crippen molar-refractivity contribution in [1.29, 1.82) is 0 Å². The van der Waals surface area contributed by atoms with E-state index in [1.165, 1.54) is 12.1 Å². The van der Waals surface area contributed by atoms with E-state index in [2.05, 4.69) is 18.6 Å². The molecule has 2 rings (SSSR count). The minimum atomic E-state index is -3.72. The molecular weight excluding hydrogens is 372 g/mol. The summed E-state index contributed by atoms with van der Waals surface area (Å²) in [6, 6.07) is 13.0. The monoisotopic (exact) mass is 396 g/mol. The fourth-order valence-corrected chi connectivity index (χ4v) is 4.08. The van der Waals surface area contributed by atoms with Gasteiger partial charge in [0.15, 0.2) is 0 Å². The van der Waals surface area contributed by atoms with Crippen molar-refractivity contribution in [2.24, 2.45) is 11.1 Å². The summed E-state index contributed by atoms with van der Waals surface area (Å²) >= 11 is 0. The molecule has 0 aliphatic heterocycles. The van der Waals surface area contributed by atoms with E-state index in [4.69, 9.17) is 5.14 Å². The van der Waals surface area contributed by atoms with Gasteiger partial charge in [-0.15, -0.1) is 0 Å². The molecule has 0 heterocycles. The largest absolute Gasteiger partial charge is 0.240 e. The zero-order chi connectivity index (χ0) is 19.4.